The van der Waals surface area contributed by atoms with Crippen LogP contribution in [0.5, 0.6) is 0 Å². The van der Waals surface area contributed by atoms with Gasteiger partial charge in [-0.05, 0) is 31.2 Å². The van der Waals surface area contributed by atoms with Gasteiger partial charge in [-0.1, -0.05) is 17.3 Å². The molecule has 1 aliphatic heterocycles. The van der Waals surface area contributed by atoms with E-state index in [1.54, 1.807) is 0 Å². The van der Waals surface area contributed by atoms with E-state index in [1.807, 2.05) is 60.0 Å². The van der Waals surface area contributed by atoms with Crippen LogP contribution in [0.4, 0.5) is 0 Å². The number of hydrogen-bond acceptors (Lipinski definition) is 5. The third kappa shape index (κ3) is 2.82. The monoisotopic (exact) mass is 342 g/mol. The van der Waals surface area contributed by atoms with Crippen molar-refractivity contribution < 1.29 is 13.7 Å². The molecule has 0 radical (unpaired) electrons. The van der Waals surface area contributed by atoms with Crippen LogP contribution in [-0.2, 0) is 11.2 Å². The number of benzene rings is 1. The zero-order valence-electron chi connectivity index (χ0n) is 13.4. The van der Waals surface area contributed by atoms with Gasteiger partial charge in [0.15, 0.2) is 5.58 Å². The Morgan fingerprint density at radius 3 is 3.04 bits per heavy atom. The number of para-hydroxylation sites is 1. The number of nitrogens with zero attached hydrogens (tertiary/aromatic N) is 2. The normalized spacial score (nSPS) is 18.2. The van der Waals surface area contributed by atoms with E-state index in [0.717, 1.165) is 35.0 Å². The van der Waals surface area contributed by atoms with Crippen LogP contribution in [0.2, 0.25) is 0 Å². The summed E-state index contributed by atoms with van der Waals surface area (Å²) >= 11 is 1.85. The SMILES string of the molecule is Cc1ccc(C2CSCCN2C(=O)Cc2noc3ccccc23)o1. The Balaban J connectivity index is 1.57. The number of furan rings is 1. The minimum Gasteiger partial charge on any atom is -0.464 e. The predicted molar refractivity (Wildman–Crippen MR) is 92.9 cm³/mol. The summed E-state index contributed by atoms with van der Waals surface area (Å²) in [5, 5.41) is 4.99. The van der Waals surface area contributed by atoms with Gasteiger partial charge in [-0.15, -0.1) is 0 Å². The van der Waals surface area contributed by atoms with Gasteiger partial charge in [0.1, 0.15) is 17.2 Å². The lowest BCUT2D eigenvalue weighted by atomic mass is 10.1. The summed E-state index contributed by atoms with van der Waals surface area (Å²) in [6, 6.07) is 11.5. The Morgan fingerprint density at radius 2 is 2.21 bits per heavy atom. The molecule has 0 bridgehead atoms. The lowest BCUT2D eigenvalue weighted by Gasteiger charge is -2.34. The number of hydrogen-bond donors (Lipinski definition) is 0. The maximum absolute atomic E-state index is 12.9. The molecule has 6 heteroatoms. The van der Waals surface area contributed by atoms with Crippen molar-refractivity contribution >= 4 is 28.6 Å². The number of rotatable bonds is 3. The second-order valence-electron chi connectivity index (χ2n) is 5.93. The fraction of sp³-hybridized carbons (Fsp3) is 0.333. The molecule has 124 valence electrons. The molecule has 1 atom stereocenters. The molecule has 1 amide bonds. The molecule has 24 heavy (non-hydrogen) atoms. The molecule has 4 rings (SSSR count). The zero-order chi connectivity index (χ0) is 16.5. The highest BCUT2D eigenvalue weighted by Gasteiger charge is 2.31. The lowest BCUT2D eigenvalue weighted by Crippen LogP contribution is -2.41. The third-order valence-electron chi connectivity index (χ3n) is 4.31. The first-order valence-electron chi connectivity index (χ1n) is 7.99. The summed E-state index contributed by atoms with van der Waals surface area (Å²) in [4.78, 5) is 14.8. The number of carbonyl (C=O) groups is 1. The molecule has 3 aromatic rings. The highest BCUT2D eigenvalue weighted by atomic mass is 32.2. The molecular weight excluding hydrogens is 324 g/mol. The van der Waals surface area contributed by atoms with Gasteiger partial charge in [0.2, 0.25) is 5.91 Å². The fourth-order valence-corrected chi connectivity index (χ4v) is 4.14. The molecule has 0 saturated carbocycles. The van der Waals surface area contributed by atoms with E-state index in [1.165, 1.54) is 0 Å². The van der Waals surface area contributed by atoms with Crippen LogP contribution >= 0.6 is 11.8 Å². The maximum Gasteiger partial charge on any atom is 0.229 e. The van der Waals surface area contributed by atoms with E-state index < -0.39 is 0 Å². The van der Waals surface area contributed by atoms with Crippen LogP contribution in [0.25, 0.3) is 11.0 Å². The molecular formula is C18H18N2O3S. The Hall–Kier alpha value is -2.21. The largest absolute Gasteiger partial charge is 0.464 e. The van der Waals surface area contributed by atoms with Crippen molar-refractivity contribution in [2.75, 3.05) is 18.1 Å². The van der Waals surface area contributed by atoms with Gasteiger partial charge in [0.05, 0.1) is 12.5 Å². The average Bonchev–Trinajstić information content (AvgIpc) is 3.22. The molecule has 1 saturated heterocycles. The van der Waals surface area contributed by atoms with Crippen LogP contribution < -0.4 is 0 Å². The number of amides is 1. The quantitative estimate of drug-likeness (QED) is 0.728. The Labute approximate surface area is 144 Å². The van der Waals surface area contributed by atoms with Gasteiger partial charge in [-0.25, -0.2) is 0 Å². The van der Waals surface area contributed by atoms with E-state index >= 15 is 0 Å². The molecule has 1 aliphatic rings. The number of aromatic nitrogens is 1. The smallest absolute Gasteiger partial charge is 0.229 e. The highest BCUT2D eigenvalue weighted by molar-refractivity contribution is 7.99. The van der Waals surface area contributed by atoms with E-state index in [9.17, 15) is 4.79 Å². The maximum atomic E-state index is 12.9. The molecule has 3 heterocycles. The second kappa shape index (κ2) is 6.36. The van der Waals surface area contributed by atoms with E-state index in [-0.39, 0.29) is 18.4 Å². The van der Waals surface area contributed by atoms with E-state index in [4.69, 9.17) is 8.94 Å². The molecule has 5 nitrogen and oxygen atoms in total. The fourth-order valence-electron chi connectivity index (χ4n) is 3.08. The van der Waals surface area contributed by atoms with Gasteiger partial charge in [-0.2, -0.15) is 11.8 Å². The standard InChI is InChI=1S/C18H18N2O3S/c1-12-6-7-17(22-12)15-11-24-9-8-20(15)18(21)10-14-13-4-2-3-5-16(13)23-19-14/h2-7,15H,8-11H2,1H3. The molecule has 1 unspecified atom stereocenters. The van der Waals surface area contributed by atoms with Crippen molar-refractivity contribution in [2.45, 2.75) is 19.4 Å². The lowest BCUT2D eigenvalue weighted by molar-refractivity contribution is -0.132. The summed E-state index contributed by atoms with van der Waals surface area (Å²) in [6.07, 6.45) is 0.248. The molecule has 1 fully saturated rings. The van der Waals surface area contributed by atoms with Crippen molar-refractivity contribution in [1.82, 2.24) is 10.1 Å². The first-order chi connectivity index (χ1) is 11.7. The number of fused-ring (bicyclic) bond motifs is 1. The summed E-state index contributed by atoms with van der Waals surface area (Å²) in [5.74, 6) is 3.60. The number of thioether (sulfide) groups is 1. The van der Waals surface area contributed by atoms with Gasteiger partial charge in [-0.3, -0.25) is 4.79 Å². The average molecular weight is 342 g/mol. The van der Waals surface area contributed by atoms with Crippen molar-refractivity contribution in [3.63, 3.8) is 0 Å². The highest BCUT2D eigenvalue weighted by Crippen LogP contribution is 2.31. The Kier molecular flexibility index (Phi) is 4.06. The molecule has 2 aromatic heterocycles. The molecule has 0 N–H and O–H groups in total. The van der Waals surface area contributed by atoms with Crippen molar-refractivity contribution in [1.29, 1.82) is 0 Å². The minimum absolute atomic E-state index is 0.0110. The summed E-state index contributed by atoms with van der Waals surface area (Å²) in [6.45, 7) is 2.65. The van der Waals surface area contributed by atoms with E-state index in [0.29, 0.717) is 11.3 Å². The number of carbonyl (C=O) groups excluding carboxylic acids is 1. The first kappa shape index (κ1) is 15.3. The summed E-state index contributed by atoms with van der Waals surface area (Å²) in [5.41, 5.74) is 1.41. The third-order valence-corrected chi connectivity index (χ3v) is 5.33. The minimum atomic E-state index is -0.0110. The van der Waals surface area contributed by atoms with Gasteiger partial charge < -0.3 is 13.8 Å². The summed E-state index contributed by atoms with van der Waals surface area (Å²) < 4.78 is 11.1. The topological polar surface area (TPSA) is 59.5 Å². The van der Waals surface area contributed by atoms with Crippen molar-refractivity contribution in [3.8, 4) is 0 Å². The van der Waals surface area contributed by atoms with Crippen LogP contribution in [0, 0.1) is 6.92 Å². The Morgan fingerprint density at radius 1 is 1.33 bits per heavy atom. The molecule has 1 aromatic carbocycles. The Bertz CT molecular complexity index is 870. The zero-order valence-corrected chi connectivity index (χ0v) is 14.2. The molecule has 0 spiro atoms. The number of aryl methyl sites for hydroxylation is 1. The van der Waals surface area contributed by atoms with Crippen LogP contribution in [-0.4, -0.2) is 34.0 Å². The van der Waals surface area contributed by atoms with Gasteiger partial charge >= 0.3 is 0 Å². The molecule has 0 aliphatic carbocycles. The van der Waals surface area contributed by atoms with Crippen LogP contribution in [0.15, 0.2) is 45.3 Å². The van der Waals surface area contributed by atoms with Crippen LogP contribution in [0.1, 0.15) is 23.3 Å². The van der Waals surface area contributed by atoms with Crippen LogP contribution in [0.3, 0.4) is 0 Å². The van der Waals surface area contributed by atoms with Crippen molar-refractivity contribution in [2.24, 2.45) is 0 Å². The van der Waals surface area contributed by atoms with Gasteiger partial charge in [0.25, 0.3) is 0 Å². The van der Waals surface area contributed by atoms with E-state index in [2.05, 4.69) is 5.16 Å². The van der Waals surface area contributed by atoms with Gasteiger partial charge in [0, 0.05) is 23.4 Å². The predicted octanol–water partition coefficient (Wildman–Crippen LogP) is 3.59. The van der Waals surface area contributed by atoms with Crippen molar-refractivity contribution in [3.05, 3.63) is 53.6 Å². The summed E-state index contributed by atoms with van der Waals surface area (Å²) in [7, 11) is 0. The first-order valence-corrected chi connectivity index (χ1v) is 9.14. The second-order valence-corrected chi connectivity index (χ2v) is 7.08.